The Kier molecular flexibility index (Phi) is 7.46. The monoisotopic (exact) mass is 589 g/mol. The van der Waals surface area contributed by atoms with Crippen molar-refractivity contribution in [3.8, 4) is 17.0 Å². The Bertz CT molecular complexity index is 1480. The van der Waals surface area contributed by atoms with Crippen LogP contribution in [0, 0.1) is 25.2 Å². The molecule has 9 heteroatoms. The summed E-state index contributed by atoms with van der Waals surface area (Å²) in [5, 5.41) is 12.7. The van der Waals surface area contributed by atoms with Crippen molar-refractivity contribution in [1.82, 2.24) is 9.88 Å². The molecule has 1 aromatic heterocycles. The molecule has 8 nitrogen and oxygen atoms in total. The van der Waals surface area contributed by atoms with E-state index in [-0.39, 0.29) is 12.0 Å². The molecule has 1 saturated carbocycles. The number of piperidine rings is 1. The van der Waals surface area contributed by atoms with Gasteiger partial charge < -0.3 is 24.2 Å². The lowest BCUT2D eigenvalue weighted by molar-refractivity contribution is -0.144. The summed E-state index contributed by atoms with van der Waals surface area (Å²) in [7, 11) is 0. The van der Waals surface area contributed by atoms with Gasteiger partial charge in [0.25, 0.3) is 0 Å². The molecule has 1 aliphatic carbocycles. The number of aromatic nitrogens is 1. The number of carboxylic acids is 1. The van der Waals surface area contributed by atoms with E-state index in [2.05, 4.69) is 59.4 Å². The third-order valence-corrected chi connectivity index (χ3v) is 10.5. The van der Waals surface area contributed by atoms with Crippen LogP contribution in [0.2, 0.25) is 0 Å². The first-order chi connectivity index (χ1) is 20.4. The highest BCUT2D eigenvalue weighted by Crippen LogP contribution is 2.58. The molecule has 3 atom stereocenters. The number of rotatable bonds is 8. The van der Waals surface area contributed by atoms with E-state index in [4.69, 9.17) is 19.2 Å². The summed E-state index contributed by atoms with van der Waals surface area (Å²) in [6.07, 6.45) is 2.68. The molecule has 1 N–H and O–H groups in total. The first kappa shape index (κ1) is 27.8. The SMILES string of the molecule is Cc1cc(COc2c(C)cccc2-c2csc(N3CC[C@@]4(C(=O)O)C[C@H]4C3)n2)cc2c1CN(CC1COCCO1)CC2. The van der Waals surface area contributed by atoms with Gasteiger partial charge in [-0.15, -0.1) is 11.3 Å². The van der Waals surface area contributed by atoms with Crippen molar-refractivity contribution < 1.29 is 24.1 Å². The van der Waals surface area contributed by atoms with Gasteiger partial charge in [-0.05, 0) is 72.9 Å². The topological polar surface area (TPSA) is 84.4 Å². The smallest absolute Gasteiger partial charge is 0.310 e. The minimum absolute atomic E-state index is 0.167. The summed E-state index contributed by atoms with van der Waals surface area (Å²) < 4.78 is 18.0. The van der Waals surface area contributed by atoms with Gasteiger partial charge in [0.2, 0.25) is 0 Å². The van der Waals surface area contributed by atoms with Crippen LogP contribution in [0.5, 0.6) is 5.75 Å². The Hall–Kier alpha value is -2.98. The van der Waals surface area contributed by atoms with Gasteiger partial charge in [-0.3, -0.25) is 9.69 Å². The molecule has 4 aliphatic rings. The minimum atomic E-state index is -0.634. The van der Waals surface area contributed by atoms with Crippen molar-refractivity contribution in [2.45, 2.75) is 52.4 Å². The van der Waals surface area contributed by atoms with Gasteiger partial charge in [0, 0.05) is 43.7 Å². The van der Waals surface area contributed by atoms with Crippen LogP contribution in [0.4, 0.5) is 5.13 Å². The van der Waals surface area contributed by atoms with Crippen LogP contribution >= 0.6 is 11.3 Å². The van der Waals surface area contributed by atoms with E-state index in [0.29, 0.717) is 32.8 Å². The zero-order valence-corrected chi connectivity index (χ0v) is 25.3. The Morgan fingerprint density at radius 2 is 2.12 bits per heavy atom. The molecule has 4 heterocycles. The lowest BCUT2D eigenvalue weighted by atomic mass is 9.93. The van der Waals surface area contributed by atoms with Crippen LogP contribution in [-0.4, -0.2) is 73.1 Å². The number of fused-ring (bicyclic) bond motifs is 2. The van der Waals surface area contributed by atoms with Crippen molar-refractivity contribution >= 4 is 22.4 Å². The molecule has 0 bridgehead atoms. The van der Waals surface area contributed by atoms with Gasteiger partial charge in [-0.1, -0.05) is 24.3 Å². The van der Waals surface area contributed by atoms with Crippen LogP contribution in [-0.2, 0) is 33.8 Å². The maximum atomic E-state index is 11.7. The second-order valence-corrected chi connectivity index (χ2v) is 13.3. The van der Waals surface area contributed by atoms with Gasteiger partial charge in [-0.2, -0.15) is 0 Å². The van der Waals surface area contributed by atoms with Crippen LogP contribution in [0.15, 0.2) is 35.7 Å². The van der Waals surface area contributed by atoms with E-state index >= 15 is 0 Å². The normalized spacial score (nSPS) is 25.5. The average molecular weight is 590 g/mol. The Balaban J connectivity index is 1.03. The fourth-order valence-electron chi connectivity index (χ4n) is 7.07. The number of aliphatic carboxylic acids is 1. The summed E-state index contributed by atoms with van der Waals surface area (Å²) in [4.78, 5) is 21.4. The highest BCUT2D eigenvalue weighted by Gasteiger charge is 2.62. The van der Waals surface area contributed by atoms with E-state index < -0.39 is 11.4 Å². The number of para-hydroxylation sites is 1. The summed E-state index contributed by atoms with van der Waals surface area (Å²) in [6, 6.07) is 10.8. The quantitative estimate of drug-likeness (QED) is 0.390. The van der Waals surface area contributed by atoms with Crippen LogP contribution in [0.1, 0.15) is 40.7 Å². The third kappa shape index (κ3) is 5.32. The number of thiazole rings is 1. The number of hydrogen-bond acceptors (Lipinski definition) is 8. The van der Waals surface area contributed by atoms with Gasteiger partial charge in [0.1, 0.15) is 12.4 Å². The number of benzene rings is 2. The molecule has 7 rings (SSSR count). The van der Waals surface area contributed by atoms with E-state index in [0.717, 1.165) is 73.3 Å². The Morgan fingerprint density at radius 3 is 2.93 bits per heavy atom. The number of ether oxygens (including phenoxy) is 3. The van der Waals surface area contributed by atoms with Gasteiger partial charge >= 0.3 is 5.97 Å². The average Bonchev–Trinajstić information content (AvgIpc) is 3.55. The summed E-state index contributed by atoms with van der Waals surface area (Å²) >= 11 is 1.63. The van der Waals surface area contributed by atoms with Gasteiger partial charge in [0.05, 0.1) is 37.0 Å². The molecular weight excluding hydrogens is 550 g/mol. The van der Waals surface area contributed by atoms with Gasteiger partial charge in [0.15, 0.2) is 5.13 Å². The molecule has 3 aliphatic heterocycles. The van der Waals surface area contributed by atoms with Crippen LogP contribution in [0.3, 0.4) is 0 Å². The number of hydrogen-bond donors (Lipinski definition) is 1. The number of carbonyl (C=O) groups is 1. The molecule has 222 valence electrons. The van der Waals surface area contributed by atoms with Crippen LogP contribution in [0.25, 0.3) is 11.3 Å². The summed E-state index contributed by atoms with van der Waals surface area (Å²) in [5.74, 6) is 0.471. The molecule has 0 radical (unpaired) electrons. The largest absolute Gasteiger partial charge is 0.488 e. The lowest BCUT2D eigenvalue weighted by Gasteiger charge is -2.34. The van der Waals surface area contributed by atoms with E-state index in [1.165, 1.54) is 22.3 Å². The van der Waals surface area contributed by atoms with E-state index in [9.17, 15) is 9.90 Å². The number of anilines is 1. The Labute approximate surface area is 251 Å². The zero-order chi connectivity index (χ0) is 28.8. The number of nitrogens with zero attached hydrogens (tertiary/aromatic N) is 3. The Morgan fingerprint density at radius 1 is 1.21 bits per heavy atom. The molecule has 2 saturated heterocycles. The standard InChI is InChI=1S/C33H39N3O5S/c1-21-4-3-5-27(29-20-42-32(34-29)36-9-7-33(31(37)38)14-25(33)15-36)30(21)41-18-23-12-22(2)28-17-35(8-6-24(28)13-23)16-26-19-39-10-11-40-26/h3-5,12-13,20,25-26H,6-11,14-19H2,1-2H3,(H,37,38)/t25-,26?,33+/m0/s1. The molecule has 0 amide bonds. The third-order valence-electron chi connectivity index (χ3n) is 9.61. The van der Waals surface area contributed by atoms with Gasteiger partial charge in [-0.25, -0.2) is 4.98 Å². The lowest BCUT2D eigenvalue weighted by Crippen LogP contribution is -2.42. The minimum Gasteiger partial charge on any atom is -0.488 e. The molecular formula is C33H39N3O5S. The van der Waals surface area contributed by atoms with E-state index in [1.54, 1.807) is 11.3 Å². The summed E-state index contributed by atoms with van der Waals surface area (Å²) in [5.41, 5.74) is 7.87. The van der Waals surface area contributed by atoms with Crippen molar-refractivity contribution in [3.05, 3.63) is 63.5 Å². The van der Waals surface area contributed by atoms with Crippen molar-refractivity contribution in [2.75, 3.05) is 50.9 Å². The maximum absolute atomic E-state index is 11.7. The molecule has 3 fully saturated rings. The molecule has 42 heavy (non-hydrogen) atoms. The predicted octanol–water partition coefficient (Wildman–Crippen LogP) is 5.08. The molecule has 2 aromatic carbocycles. The highest BCUT2D eigenvalue weighted by molar-refractivity contribution is 7.14. The zero-order valence-electron chi connectivity index (χ0n) is 24.4. The fraction of sp³-hybridized carbons (Fsp3) is 0.515. The predicted molar refractivity (Wildman–Crippen MR) is 162 cm³/mol. The number of aryl methyl sites for hydroxylation is 2. The van der Waals surface area contributed by atoms with Crippen molar-refractivity contribution in [2.24, 2.45) is 11.3 Å². The molecule has 0 spiro atoms. The highest BCUT2D eigenvalue weighted by atomic mass is 32.1. The van der Waals surface area contributed by atoms with Crippen molar-refractivity contribution in [3.63, 3.8) is 0 Å². The second kappa shape index (κ2) is 11.3. The molecule has 3 aromatic rings. The first-order valence-corrected chi connectivity index (χ1v) is 16.0. The second-order valence-electron chi connectivity index (χ2n) is 12.4. The van der Waals surface area contributed by atoms with Crippen molar-refractivity contribution in [1.29, 1.82) is 0 Å². The van der Waals surface area contributed by atoms with Crippen LogP contribution < -0.4 is 9.64 Å². The molecule has 1 unspecified atom stereocenters. The summed E-state index contributed by atoms with van der Waals surface area (Å²) in [6.45, 7) is 11.3. The maximum Gasteiger partial charge on any atom is 0.310 e. The van der Waals surface area contributed by atoms with E-state index in [1.807, 2.05) is 0 Å². The first-order valence-electron chi connectivity index (χ1n) is 15.1. The number of carboxylic acid groups (broad SMARTS) is 1. The fourth-order valence-corrected chi connectivity index (χ4v) is 7.93.